The molecule has 0 aliphatic rings. The average molecular weight is 271 g/mol. The summed E-state index contributed by atoms with van der Waals surface area (Å²) in [6, 6.07) is 11.2. The predicted molar refractivity (Wildman–Crippen MR) is 77.9 cm³/mol. The molecule has 0 unspecified atom stereocenters. The number of pyridine rings is 1. The van der Waals surface area contributed by atoms with E-state index in [1.807, 2.05) is 24.3 Å². The fourth-order valence-corrected chi connectivity index (χ4v) is 1.86. The Bertz CT molecular complexity index is 582. The predicted octanol–water partition coefficient (Wildman–Crippen LogP) is 1.84. The smallest absolute Gasteiger partial charge is 0.252 e. The Hall–Kier alpha value is -2.56. The molecule has 0 spiro atoms. The summed E-state index contributed by atoms with van der Waals surface area (Å²) in [6.45, 7) is 0.670. The quantitative estimate of drug-likeness (QED) is 0.840. The summed E-state index contributed by atoms with van der Waals surface area (Å²) in [7, 11) is 1.64. The summed E-state index contributed by atoms with van der Waals surface area (Å²) in [5.74, 6) is 0.876. The fourth-order valence-electron chi connectivity index (χ4n) is 1.86. The van der Waals surface area contributed by atoms with Crippen molar-refractivity contribution in [1.29, 1.82) is 0 Å². The Morgan fingerprint density at radius 3 is 2.70 bits per heavy atom. The summed E-state index contributed by atoms with van der Waals surface area (Å²) < 4.78 is 5.11. The molecular formula is C15H17N3O2. The molecule has 1 amide bonds. The number of nitrogens with zero attached hydrogens (tertiary/aromatic N) is 1. The molecule has 0 saturated heterocycles. The summed E-state index contributed by atoms with van der Waals surface area (Å²) in [5.41, 5.74) is 6.88. The lowest BCUT2D eigenvalue weighted by molar-refractivity contribution is 0.100. The zero-order valence-corrected chi connectivity index (χ0v) is 11.3. The highest BCUT2D eigenvalue weighted by Gasteiger charge is 2.07. The molecular weight excluding hydrogens is 254 g/mol. The van der Waals surface area contributed by atoms with E-state index in [0.717, 1.165) is 12.2 Å². The maximum atomic E-state index is 11.3. The second kappa shape index (κ2) is 6.56. The molecule has 5 nitrogen and oxygen atoms in total. The number of aromatic nitrogens is 1. The van der Waals surface area contributed by atoms with Crippen LogP contribution in [-0.2, 0) is 6.42 Å². The van der Waals surface area contributed by atoms with Gasteiger partial charge in [0.25, 0.3) is 5.91 Å². The molecule has 0 bridgehead atoms. The number of hydrogen-bond donors (Lipinski definition) is 2. The van der Waals surface area contributed by atoms with Gasteiger partial charge in [-0.1, -0.05) is 12.1 Å². The zero-order valence-electron chi connectivity index (χ0n) is 11.3. The van der Waals surface area contributed by atoms with Gasteiger partial charge in [-0.2, -0.15) is 0 Å². The Morgan fingerprint density at radius 2 is 2.05 bits per heavy atom. The molecule has 1 aromatic heterocycles. The van der Waals surface area contributed by atoms with Gasteiger partial charge < -0.3 is 15.8 Å². The van der Waals surface area contributed by atoms with E-state index >= 15 is 0 Å². The van der Waals surface area contributed by atoms with Crippen molar-refractivity contribution in [2.75, 3.05) is 19.0 Å². The van der Waals surface area contributed by atoms with Crippen molar-refractivity contribution < 1.29 is 9.53 Å². The third-order valence-corrected chi connectivity index (χ3v) is 2.94. The second-order valence-corrected chi connectivity index (χ2v) is 4.29. The van der Waals surface area contributed by atoms with Gasteiger partial charge in [0.15, 0.2) is 0 Å². The Morgan fingerprint density at radius 1 is 1.30 bits per heavy atom. The van der Waals surface area contributed by atoms with Crippen LogP contribution in [0.4, 0.5) is 5.82 Å². The van der Waals surface area contributed by atoms with Gasteiger partial charge in [-0.3, -0.25) is 4.79 Å². The Kier molecular flexibility index (Phi) is 4.55. The van der Waals surface area contributed by atoms with E-state index in [1.54, 1.807) is 25.4 Å². The largest absolute Gasteiger partial charge is 0.497 e. The Balaban J connectivity index is 1.94. The first-order valence-electron chi connectivity index (χ1n) is 6.32. The van der Waals surface area contributed by atoms with Gasteiger partial charge >= 0.3 is 0 Å². The van der Waals surface area contributed by atoms with Crippen molar-refractivity contribution in [1.82, 2.24) is 4.98 Å². The van der Waals surface area contributed by atoms with Gasteiger partial charge in [-0.25, -0.2) is 4.98 Å². The second-order valence-electron chi connectivity index (χ2n) is 4.29. The normalized spacial score (nSPS) is 10.1. The van der Waals surface area contributed by atoms with Crippen molar-refractivity contribution in [3.8, 4) is 5.75 Å². The molecule has 20 heavy (non-hydrogen) atoms. The van der Waals surface area contributed by atoms with E-state index in [0.29, 0.717) is 17.9 Å². The number of nitrogens with one attached hydrogen (secondary N) is 1. The lowest BCUT2D eigenvalue weighted by atomic mass is 10.1. The minimum absolute atomic E-state index is 0.405. The molecule has 1 heterocycles. The van der Waals surface area contributed by atoms with Crippen LogP contribution in [0.25, 0.3) is 0 Å². The Labute approximate surface area is 117 Å². The zero-order chi connectivity index (χ0) is 14.4. The van der Waals surface area contributed by atoms with Crippen molar-refractivity contribution in [3.05, 3.63) is 53.7 Å². The molecule has 104 valence electrons. The van der Waals surface area contributed by atoms with Gasteiger partial charge in [0.1, 0.15) is 11.6 Å². The number of nitrogens with two attached hydrogens (primary N) is 1. The molecule has 2 rings (SSSR count). The molecule has 1 aromatic carbocycles. The third-order valence-electron chi connectivity index (χ3n) is 2.94. The molecule has 0 radical (unpaired) electrons. The molecule has 0 fully saturated rings. The number of rotatable bonds is 6. The summed E-state index contributed by atoms with van der Waals surface area (Å²) >= 11 is 0. The average Bonchev–Trinajstić information content (AvgIpc) is 2.48. The van der Waals surface area contributed by atoms with Crippen LogP contribution in [0.1, 0.15) is 15.9 Å². The molecule has 0 saturated carbocycles. The van der Waals surface area contributed by atoms with Crippen LogP contribution in [0.5, 0.6) is 5.75 Å². The lowest BCUT2D eigenvalue weighted by Crippen LogP contribution is -2.16. The highest BCUT2D eigenvalue weighted by molar-refractivity contribution is 5.97. The number of amides is 1. The van der Waals surface area contributed by atoms with Gasteiger partial charge in [0.2, 0.25) is 0 Å². The molecule has 5 heteroatoms. The molecule has 0 atom stereocenters. The number of hydrogen-bond acceptors (Lipinski definition) is 4. The SMILES string of the molecule is COc1ccc(CCNc2ncccc2C(N)=O)cc1. The van der Waals surface area contributed by atoms with Crippen molar-refractivity contribution in [2.24, 2.45) is 5.73 Å². The number of carbonyl (C=O) groups excluding carboxylic acids is 1. The van der Waals surface area contributed by atoms with Crippen LogP contribution >= 0.6 is 0 Å². The van der Waals surface area contributed by atoms with Crippen LogP contribution < -0.4 is 15.8 Å². The van der Waals surface area contributed by atoms with Crippen molar-refractivity contribution in [3.63, 3.8) is 0 Å². The van der Waals surface area contributed by atoms with Crippen LogP contribution in [0, 0.1) is 0 Å². The summed E-state index contributed by atoms with van der Waals surface area (Å²) in [5, 5.41) is 3.13. The standard InChI is InChI=1S/C15H17N3O2/c1-20-12-6-4-11(5-7-12)8-10-18-15-13(14(16)19)3-2-9-17-15/h2-7,9H,8,10H2,1H3,(H2,16,19)(H,17,18). The minimum atomic E-state index is -0.481. The van der Waals surface area contributed by atoms with Crippen LogP contribution in [0.3, 0.4) is 0 Å². The van der Waals surface area contributed by atoms with Crippen LogP contribution in [0.2, 0.25) is 0 Å². The fraction of sp³-hybridized carbons (Fsp3) is 0.200. The van der Waals surface area contributed by atoms with Crippen molar-refractivity contribution in [2.45, 2.75) is 6.42 Å². The number of methoxy groups -OCH3 is 1. The van der Waals surface area contributed by atoms with E-state index in [1.165, 1.54) is 5.56 Å². The van der Waals surface area contributed by atoms with Crippen LogP contribution in [0.15, 0.2) is 42.6 Å². The lowest BCUT2D eigenvalue weighted by Gasteiger charge is -2.09. The highest BCUT2D eigenvalue weighted by Crippen LogP contribution is 2.13. The number of ether oxygens (including phenoxy) is 1. The topological polar surface area (TPSA) is 77.2 Å². The first-order valence-corrected chi connectivity index (χ1v) is 6.32. The van der Waals surface area contributed by atoms with E-state index in [2.05, 4.69) is 10.3 Å². The minimum Gasteiger partial charge on any atom is -0.497 e. The first-order chi connectivity index (χ1) is 9.70. The molecule has 3 N–H and O–H groups in total. The van der Waals surface area contributed by atoms with Gasteiger partial charge in [0, 0.05) is 12.7 Å². The van der Waals surface area contributed by atoms with E-state index in [4.69, 9.17) is 10.5 Å². The highest BCUT2D eigenvalue weighted by atomic mass is 16.5. The van der Waals surface area contributed by atoms with Gasteiger partial charge in [-0.15, -0.1) is 0 Å². The van der Waals surface area contributed by atoms with E-state index in [9.17, 15) is 4.79 Å². The monoisotopic (exact) mass is 271 g/mol. The van der Waals surface area contributed by atoms with Crippen LogP contribution in [-0.4, -0.2) is 24.5 Å². The van der Waals surface area contributed by atoms with E-state index in [-0.39, 0.29) is 0 Å². The number of primary amides is 1. The molecule has 0 aliphatic carbocycles. The molecule has 2 aromatic rings. The summed E-state index contributed by atoms with van der Waals surface area (Å²) in [4.78, 5) is 15.4. The first kappa shape index (κ1) is 13.9. The van der Waals surface area contributed by atoms with Crippen molar-refractivity contribution >= 4 is 11.7 Å². The maximum absolute atomic E-state index is 11.3. The summed E-state index contributed by atoms with van der Waals surface area (Å²) in [6.07, 6.45) is 2.45. The van der Waals surface area contributed by atoms with E-state index < -0.39 is 5.91 Å². The van der Waals surface area contributed by atoms with Gasteiger partial charge in [-0.05, 0) is 36.2 Å². The number of anilines is 1. The molecule has 0 aliphatic heterocycles. The number of benzene rings is 1. The number of carbonyl (C=O) groups is 1. The third kappa shape index (κ3) is 3.47. The van der Waals surface area contributed by atoms with Gasteiger partial charge in [0.05, 0.1) is 12.7 Å². The maximum Gasteiger partial charge on any atom is 0.252 e.